The van der Waals surface area contributed by atoms with Crippen LogP contribution in [-0.2, 0) is 0 Å². The first-order chi connectivity index (χ1) is 10.6. The zero-order chi connectivity index (χ0) is 16.5. The second-order valence-electron chi connectivity index (χ2n) is 4.03. The lowest BCUT2D eigenvalue weighted by Gasteiger charge is -2.11. The maximum atomic E-state index is 5.35. The molecule has 0 spiro atoms. The van der Waals surface area contributed by atoms with Crippen LogP contribution in [0.15, 0.2) is 23.3 Å². The van der Waals surface area contributed by atoms with Crippen molar-refractivity contribution in [1.82, 2.24) is 0 Å². The Hall–Kier alpha value is -3.46. The lowest BCUT2D eigenvalue weighted by Crippen LogP contribution is -1.94. The van der Waals surface area contributed by atoms with Crippen LogP contribution in [-0.4, -0.2) is 14.2 Å². The summed E-state index contributed by atoms with van der Waals surface area (Å²) < 4.78 is 10.7. The van der Waals surface area contributed by atoms with Crippen LogP contribution < -0.4 is 9.47 Å². The topological polar surface area (TPSA) is 18.5 Å². The lowest BCUT2D eigenvalue weighted by molar-refractivity contribution is 0.401. The summed E-state index contributed by atoms with van der Waals surface area (Å²) in [6, 6.07) is 3.51. The van der Waals surface area contributed by atoms with Crippen LogP contribution in [0.1, 0.15) is 11.1 Å². The molecule has 0 aliphatic rings. The molecule has 1 aromatic carbocycles. The van der Waals surface area contributed by atoms with Crippen molar-refractivity contribution in [1.29, 1.82) is 0 Å². The average Bonchev–Trinajstić information content (AvgIpc) is 2.57. The molecule has 0 aromatic heterocycles. The summed E-state index contributed by atoms with van der Waals surface area (Å²) in [4.78, 5) is 0. The van der Waals surface area contributed by atoms with Gasteiger partial charge in [-0.25, -0.2) is 0 Å². The van der Waals surface area contributed by atoms with Crippen molar-refractivity contribution in [2.45, 2.75) is 0 Å². The van der Waals surface area contributed by atoms with E-state index in [1.807, 2.05) is 0 Å². The molecule has 106 valence electrons. The maximum Gasteiger partial charge on any atom is 0.127 e. The van der Waals surface area contributed by atoms with Crippen molar-refractivity contribution in [3.63, 3.8) is 0 Å². The Kier molecular flexibility index (Phi) is 6.01. The monoisotopic (exact) mass is 286 g/mol. The van der Waals surface area contributed by atoms with Crippen LogP contribution in [0.2, 0.25) is 0 Å². The van der Waals surface area contributed by atoms with Gasteiger partial charge in [-0.2, -0.15) is 0 Å². The quantitative estimate of drug-likeness (QED) is 0.792. The predicted octanol–water partition coefficient (Wildman–Crippen LogP) is 3.00. The first kappa shape index (κ1) is 16.6. The first-order valence-electron chi connectivity index (χ1n) is 6.19. The van der Waals surface area contributed by atoms with E-state index in [0.717, 1.165) is 0 Å². The third-order valence-corrected chi connectivity index (χ3v) is 2.80. The molecule has 0 saturated heterocycles. The number of hydrogen-bond donors (Lipinski definition) is 0. The molecule has 0 heterocycles. The Morgan fingerprint density at radius 2 is 1.09 bits per heavy atom. The molecule has 0 fully saturated rings. The van der Waals surface area contributed by atoms with Gasteiger partial charge in [-0.3, -0.25) is 0 Å². The highest BCUT2D eigenvalue weighted by molar-refractivity contribution is 5.75. The van der Waals surface area contributed by atoms with E-state index in [2.05, 4.69) is 23.7 Å². The molecule has 2 heteroatoms. The van der Waals surface area contributed by atoms with Crippen LogP contribution in [0, 0.1) is 49.4 Å². The fourth-order valence-corrected chi connectivity index (χ4v) is 1.73. The molecule has 22 heavy (non-hydrogen) atoms. The normalized spacial score (nSPS) is 8.27. The molecule has 0 aliphatic heterocycles. The molecule has 0 unspecified atom stereocenters. The molecule has 0 radical (unpaired) electrons. The third kappa shape index (κ3) is 3.77. The van der Waals surface area contributed by atoms with Crippen molar-refractivity contribution >= 4 is 12.2 Å². The summed E-state index contributed by atoms with van der Waals surface area (Å²) in [5.41, 5.74) is 2.20. The minimum absolute atomic E-state index is 0.400. The van der Waals surface area contributed by atoms with Gasteiger partial charge in [-0.15, -0.1) is 25.7 Å². The van der Waals surface area contributed by atoms with E-state index in [-0.39, 0.29) is 0 Å². The van der Waals surface area contributed by atoms with Crippen molar-refractivity contribution < 1.29 is 9.47 Å². The van der Waals surface area contributed by atoms with Crippen molar-refractivity contribution in [2.75, 3.05) is 14.2 Å². The zero-order valence-corrected chi connectivity index (χ0v) is 12.4. The second kappa shape index (κ2) is 7.97. The highest BCUT2D eigenvalue weighted by atomic mass is 16.5. The number of rotatable bonds is 4. The van der Waals surface area contributed by atoms with Gasteiger partial charge in [-0.05, 0) is 24.3 Å². The largest absolute Gasteiger partial charge is 0.496 e. The number of ether oxygens (including phenoxy) is 2. The number of methoxy groups -OCH3 is 2. The van der Waals surface area contributed by atoms with Crippen LogP contribution >= 0.6 is 0 Å². The Bertz CT molecular complexity index is 693. The number of terminal acetylenes is 4. The molecule has 0 amide bonds. The highest BCUT2D eigenvalue weighted by Crippen LogP contribution is 2.31. The summed E-state index contributed by atoms with van der Waals surface area (Å²) in [6.45, 7) is 0. The third-order valence-electron chi connectivity index (χ3n) is 2.80. The maximum absolute atomic E-state index is 5.35. The van der Waals surface area contributed by atoms with Gasteiger partial charge >= 0.3 is 0 Å². The van der Waals surface area contributed by atoms with Crippen LogP contribution in [0.5, 0.6) is 11.5 Å². The van der Waals surface area contributed by atoms with E-state index in [9.17, 15) is 0 Å². The lowest BCUT2D eigenvalue weighted by atomic mass is 10.0. The number of hydrogen-bond acceptors (Lipinski definition) is 2. The fraction of sp³-hybridized carbons (Fsp3) is 0.100. The van der Waals surface area contributed by atoms with E-state index >= 15 is 0 Å². The van der Waals surface area contributed by atoms with E-state index < -0.39 is 0 Å². The van der Waals surface area contributed by atoms with E-state index in [1.165, 1.54) is 0 Å². The van der Waals surface area contributed by atoms with Crippen molar-refractivity contribution in [3.05, 3.63) is 34.4 Å². The number of benzene rings is 1. The Morgan fingerprint density at radius 1 is 0.773 bits per heavy atom. The minimum Gasteiger partial charge on any atom is -0.496 e. The average molecular weight is 286 g/mol. The zero-order valence-electron chi connectivity index (χ0n) is 12.4. The molecule has 0 bridgehead atoms. The first-order valence-corrected chi connectivity index (χ1v) is 6.19. The predicted molar refractivity (Wildman–Crippen MR) is 90.8 cm³/mol. The summed E-state index contributed by atoms with van der Waals surface area (Å²) in [5.74, 6) is 10.8. The number of allylic oxidation sites excluding steroid dienone is 2. The standard InChI is InChI=1S/C20H14O2/c1-7-15(8-2)11-17-13-20(22-6)18(14-19(17)21-5)12-16(9-3)10-4/h1-4,11-14H,5-6H3. The summed E-state index contributed by atoms with van der Waals surface area (Å²) in [5, 5.41) is 0. The van der Waals surface area contributed by atoms with Gasteiger partial charge in [-0.1, -0.05) is 23.7 Å². The molecule has 2 nitrogen and oxygen atoms in total. The van der Waals surface area contributed by atoms with Crippen LogP contribution in [0.25, 0.3) is 12.2 Å². The Morgan fingerprint density at radius 3 is 1.32 bits per heavy atom. The SMILES string of the molecule is C#CC(C#C)=Cc1cc(OC)c(C=C(C#C)C#C)cc1OC. The van der Waals surface area contributed by atoms with Crippen LogP contribution in [0.4, 0.5) is 0 Å². The summed E-state index contributed by atoms with van der Waals surface area (Å²) in [7, 11) is 3.09. The highest BCUT2D eigenvalue weighted by Gasteiger charge is 2.09. The molecule has 1 aromatic rings. The van der Waals surface area contributed by atoms with Gasteiger partial charge in [0.1, 0.15) is 11.5 Å². The molecule has 0 N–H and O–H groups in total. The van der Waals surface area contributed by atoms with Gasteiger partial charge in [0, 0.05) is 11.1 Å². The van der Waals surface area contributed by atoms with Gasteiger partial charge in [0.05, 0.1) is 25.4 Å². The Balaban J connectivity index is 3.57. The van der Waals surface area contributed by atoms with E-state index in [4.69, 9.17) is 35.2 Å². The van der Waals surface area contributed by atoms with Gasteiger partial charge in [0.25, 0.3) is 0 Å². The molecular weight excluding hydrogens is 272 g/mol. The minimum atomic E-state index is 0.400. The van der Waals surface area contributed by atoms with Gasteiger partial charge in [0.15, 0.2) is 0 Å². The van der Waals surface area contributed by atoms with Gasteiger partial charge in [0.2, 0.25) is 0 Å². The molecule has 1 rings (SSSR count). The molecule has 0 saturated carbocycles. The summed E-state index contributed by atoms with van der Waals surface area (Å²) >= 11 is 0. The fourth-order valence-electron chi connectivity index (χ4n) is 1.73. The van der Waals surface area contributed by atoms with E-state index in [0.29, 0.717) is 33.8 Å². The molecule has 0 atom stereocenters. The van der Waals surface area contributed by atoms with Crippen molar-refractivity contribution in [2.24, 2.45) is 0 Å². The van der Waals surface area contributed by atoms with E-state index in [1.54, 1.807) is 38.5 Å². The van der Waals surface area contributed by atoms with Crippen molar-refractivity contribution in [3.8, 4) is 60.9 Å². The second-order valence-corrected chi connectivity index (χ2v) is 4.03. The van der Waals surface area contributed by atoms with Gasteiger partial charge < -0.3 is 9.47 Å². The molecule has 0 aliphatic carbocycles. The smallest absolute Gasteiger partial charge is 0.127 e. The van der Waals surface area contributed by atoms with Crippen LogP contribution in [0.3, 0.4) is 0 Å². The Labute approximate surface area is 131 Å². The summed E-state index contributed by atoms with van der Waals surface area (Å²) in [6.07, 6.45) is 24.7. The molecular formula is C20H14O2.